The molecule has 29 nitrogen and oxygen atoms in total. The van der Waals surface area contributed by atoms with Gasteiger partial charge in [-0.25, -0.2) is 4.79 Å². The number of hydrogen-bond donors (Lipinski definition) is 15. The minimum Gasteiger partial charge on any atom is -0.481 e. The molecule has 0 aromatic heterocycles. The molecule has 0 saturated carbocycles. The van der Waals surface area contributed by atoms with Gasteiger partial charge in [-0.2, -0.15) is 11.8 Å². The van der Waals surface area contributed by atoms with Crippen LogP contribution in [0.2, 0.25) is 0 Å². The zero-order valence-corrected chi connectivity index (χ0v) is 44.0. The molecule has 2 aromatic rings. The number of carboxylic acids is 5. The topological polar surface area (TPSA) is 474 Å². The largest absolute Gasteiger partial charge is 0.481 e. The monoisotopic (exact) mass is 1130 g/mol. The summed E-state index contributed by atoms with van der Waals surface area (Å²) in [5.74, 6) is -17.5. The summed E-state index contributed by atoms with van der Waals surface area (Å²) in [5.41, 5.74) is 6.58. The van der Waals surface area contributed by atoms with Crippen molar-refractivity contribution >= 4 is 94.8 Å². The lowest BCUT2D eigenvalue weighted by Gasteiger charge is -2.25. The predicted molar refractivity (Wildman–Crippen MR) is 277 cm³/mol. The molecule has 16 N–H and O–H groups in total. The maximum absolute atomic E-state index is 13.8. The van der Waals surface area contributed by atoms with E-state index in [4.69, 9.17) is 10.8 Å². The normalized spacial score (nSPS) is 13.8. The molecule has 0 heterocycles. The number of nitrogens with one attached hydrogen (secondary N) is 9. The summed E-state index contributed by atoms with van der Waals surface area (Å²) in [4.78, 5) is 178. The van der Waals surface area contributed by atoms with Crippen LogP contribution in [-0.4, -0.2) is 182 Å². The van der Waals surface area contributed by atoms with Gasteiger partial charge in [-0.1, -0.05) is 74.5 Å². The number of rotatable bonds is 36. The SMILES string of the molecule is CSCC[C@H](NC(=O)[C@H](CC(=O)O)NC(=O)[C@H](CC(=O)O)NC(=O)[C@@H](N)CC(=O)O)C(=O)NCC(=O)N[C@@H](Cc1ccccc1)C(=O)NCC(=O)N[C@@H](CC(C)C)C(=O)N[C@@H](Cc1ccccc1)C(=O)N[C@@H](CC(=O)O)C(=O)O. The average Bonchev–Trinajstić information content (AvgIpc) is 3.37. The van der Waals surface area contributed by atoms with E-state index in [1.54, 1.807) is 80.8 Å². The summed E-state index contributed by atoms with van der Waals surface area (Å²) >= 11 is 1.23. The minimum atomic E-state index is -1.99. The van der Waals surface area contributed by atoms with Gasteiger partial charge in [0.25, 0.3) is 0 Å². The lowest BCUT2D eigenvalue weighted by molar-refractivity contribution is -0.147. The average molecular weight is 1130 g/mol. The van der Waals surface area contributed by atoms with Gasteiger partial charge in [0, 0.05) is 12.8 Å². The third kappa shape index (κ3) is 26.3. The third-order valence-electron chi connectivity index (χ3n) is 11.0. The number of benzene rings is 2. The Hall–Kier alpha value is -8.67. The van der Waals surface area contributed by atoms with Crippen LogP contribution in [0.4, 0.5) is 0 Å². The molecule has 79 heavy (non-hydrogen) atoms. The number of amides is 9. The molecule has 9 amide bonds. The first-order chi connectivity index (χ1) is 37.2. The van der Waals surface area contributed by atoms with E-state index < -0.39 is 170 Å². The third-order valence-corrected chi connectivity index (χ3v) is 11.7. The zero-order chi connectivity index (χ0) is 59.4. The Bertz CT molecular complexity index is 2500. The Labute approximate surface area is 456 Å². The second-order valence-electron chi connectivity index (χ2n) is 18.1. The van der Waals surface area contributed by atoms with Crippen molar-refractivity contribution in [2.75, 3.05) is 25.1 Å². The van der Waals surface area contributed by atoms with Crippen LogP contribution in [0.1, 0.15) is 63.5 Å². The smallest absolute Gasteiger partial charge is 0.326 e. The van der Waals surface area contributed by atoms with Crippen LogP contribution in [0.3, 0.4) is 0 Å². The summed E-state index contributed by atoms with van der Waals surface area (Å²) in [7, 11) is 0. The van der Waals surface area contributed by atoms with Crippen LogP contribution < -0.4 is 53.6 Å². The number of hydrogen-bond acceptors (Lipinski definition) is 16. The molecule has 0 unspecified atom stereocenters. The van der Waals surface area contributed by atoms with E-state index in [0.29, 0.717) is 11.1 Å². The fraction of sp³-hybridized carbons (Fsp3) is 0.469. The summed E-state index contributed by atoms with van der Waals surface area (Å²) < 4.78 is 0. The molecule has 432 valence electrons. The molecule has 0 spiro atoms. The Morgan fingerprint density at radius 1 is 0.443 bits per heavy atom. The summed E-state index contributed by atoms with van der Waals surface area (Å²) in [5, 5.41) is 67.1. The maximum atomic E-state index is 13.8. The van der Waals surface area contributed by atoms with E-state index in [9.17, 15) is 87.5 Å². The highest BCUT2D eigenvalue weighted by atomic mass is 32.2. The molecule has 30 heteroatoms. The fourth-order valence-corrected chi connectivity index (χ4v) is 7.66. The number of aliphatic carboxylic acids is 5. The van der Waals surface area contributed by atoms with Crippen LogP contribution in [0.15, 0.2) is 60.7 Å². The van der Waals surface area contributed by atoms with Gasteiger partial charge >= 0.3 is 29.8 Å². The second kappa shape index (κ2) is 34.2. The predicted octanol–water partition coefficient (Wildman–Crippen LogP) is -3.79. The van der Waals surface area contributed by atoms with E-state index in [1.807, 2.05) is 10.6 Å². The van der Waals surface area contributed by atoms with Crippen molar-refractivity contribution in [1.82, 2.24) is 47.9 Å². The van der Waals surface area contributed by atoms with Gasteiger partial charge in [0.15, 0.2) is 0 Å². The lowest BCUT2D eigenvalue weighted by Crippen LogP contribution is -2.59. The molecule has 2 aromatic carbocycles. The Kier molecular flexibility index (Phi) is 28.7. The summed E-state index contributed by atoms with van der Waals surface area (Å²) in [6.45, 7) is 1.89. The van der Waals surface area contributed by atoms with E-state index in [-0.39, 0.29) is 37.4 Å². The molecular weight excluding hydrogens is 1060 g/mol. The van der Waals surface area contributed by atoms with Crippen LogP contribution in [0.5, 0.6) is 0 Å². The van der Waals surface area contributed by atoms with E-state index >= 15 is 0 Å². The molecule has 0 fully saturated rings. The zero-order valence-electron chi connectivity index (χ0n) is 43.2. The minimum absolute atomic E-state index is 0.00629. The molecule has 0 aliphatic heterocycles. The van der Waals surface area contributed by atoms with Gasteiger partial charge < -0.3 is 79.1 Å². The highest BCUT2D eigenvalue weighted by Crippen LogP contribution is 2.11. The number of carboxylic acid groups (broad SMARTS) is 5. The molecule has 2 rings (SSSR count). The van der Waals surface area contributed by atoms with Crippen LogP contribution in [-0.2, 0) is 80.0 Å². The molecule has 0 aliphatic carbocycles. The molecular formula is C49H66N10O19S. The van der Waals surface area contributed by atoms with Gasteiger partial charge in [-0.3, -0.25) is 62.3 Å². The van der Waals surface area contributed by atoms with Gasteiger partial charge in [-0.05, 0) is 41.9 Å². The molecule has 0 bridgehead atoms. The number of nitrogens with two attached hydrogens (primary N) is 1. The molecule has 0 saturated heterocycles. The van der Waals surface area contributed by atoms with Gasteiger partial charge in [0.1, 0.15) is 42.3 Å². The fourth-order valence-electron chi connectivity index (χ4n) is 7.19. The van der Waals surface area contributed by atoms with Gasteiger partial charge in [0.05, 0.1) is 44.8 Å². The van der Waals surface area contributed by atoms with Crippen molar-refractivity contribution in [3.63, 3.8) is 0 Å². The maximum Gasteiger partial charge on any atom is 0.326 e. The number of carbonyl (C=O) groups is 14. The quantitative estimate of drug-likeness (QED) is 0.0311. The summed E-state index contributed by atoms with van der Waals surface area (Å²) in [6.07, 6.45) is -2.87. The van der Waals surface area contributed by atoms with E-state index in [1.165, 1.54) is 11.8 Å². The van der Waals surface area contributed by atoms with Crippen LogP contribution in [0, 0.1) is 5.92 Å². The van der Waals surface area contributed by atoms with E-state index in [0.717, 1.165) is 0 Å². The molecule has 8 atom stereocenters. The van der Waals surface area contributed by atoms with E-state index in [2.05, 4.69) is 37.2 Å². The lowest BCUT2D eigenvalue weighted by atomic mass is 10.0. The second-order valence-corrected chi connectivity index (χ2v) is 19.1. The Balaban J connectivity index is 2.24. The van der Waals surface area contributed by atoms with Crippen molar-refractivity contribution in [2.24, 2.45) is 11.7 Å². The Morgan fingerprint density at radius 3 is 1.23 bits per heavy atom. The first-order valence-corrected chi connectivity index (χ1v) is 25.7. The van der Waals surface area contributed by atoms with Crippen molar-refractivity contribution in [3.8, 4) is 0 Å². The molecule has 0 aliphatic rings. The molecule has 0 radical (unpaired) electrons. The van der Waals surface area contributed by atoms with Crippen LogP contribution >= 0.6 is 11.8 Å². The standard InChI is InChI=1S/C49H66N10O19S/c1-25(2)16-30(45(73)57-32(18-27-12-8-5-9-13-27)46(74)59-35(49(77)78)22-41(68)69)53-36(60)24-52-44(72)31(17-26-10-6-4-7-11-26)54-37(61)23-51-43(71)29(14-15-79-3)55-47(75)34(21-40(66)67)58-48(76)33(20-39(64)65)56-42(70)28(50)19-38(62)63/h4-13,25,28-35H,14-24,50H2,1-3H3,(H,51,71)(H,52,72)(H,53,60)(H,54,61)(H,55,75)(H,56,70)(H,57,73)(H,58,76)(H,59,74)(H,62,63)(H,64,65)(H,66,67)(H,68,69)(H,77,78)/t28-,29-,30-,31-,32-,33-,34-,35-/m0/s1. The highest BCUT2D eigenvalue weighted by Gasteiger charge is 2.35. The van der Waals surface area contributed by atoms with Crippen LogP contribution in [0.25, 0.3) is 0 Å². The van der Waals surface area contributed by atoms with Gasteiger partial charge in [0.2, 0.25) is 53.2 Å². The summed E-state index contributed by atoms with van der Waals surface area (Å²) in [6, 6.07) is 3.31. The number of carbonyl (C=O) groups excluding carboxylic acids is 9. The van der Waals surface area contributed by atoms with Crippen molar-refractivity contribution < 1.29 is 92.7 Å². The first-order valence-electron chi connectivity index (χ1n) is 24.3. The van der Waals surface area contributed by atoms with Gasteiger partial charge in [-0.15, -0.1) is 0 Å². The highest BCUT2D eigenvalue weighted by molar-refractivity contribution is 7.98. The van der Waals surface area contributed by atoms with Crippen molar-refractivity contribution in [2.45, 2.75) is 114 Å². The van der Waals surface area contributed by atoms with Crippen molar-refractivity contribution in [1.29, 1.82) is 0 Å². The Morgan fingerprint density at radius 2 is 0.797 bits per heavy atom. The number of thioether (sulfide) groups is 1. The van der Waals surface area contributed by atoms with Crippen molar-refractivity contribution in [3.05, 3.63) is 71.8 Å². The first kappa shape index (κ1) is 66.4.